The van der Waals surface area contributed by atoms with E-state index in [0.29, 0.717) is 17.7 Å². The van der Waals surface area contributed by atoms with Crippen molar-refractivity contribution in [3.8, 4) is 0 Å². The normalized spacial score (nSPS) is 25.8. The molecule has 21 heavy (non-hydrogen) atoms. The van der Waals surface area contributed by atoms with E-state index in [2.05, 4.69) is 17.1 Å². The molecule has 0 aromatic rings. The number of rotatable bonds is 6. The third-order valence-corrected chi connectivity index (χ3v) is 5.11. The van der Waals surface area contributed by atoms with Crippen LogP contribution in [0.1, 0.15) is 46.0 Å². The third kappa shape index (κ3) is 5.26. The molecule has 2 heterocycles. The lowest BCUT2D eigenvalue weighted by Gasteiger charge is -2.34. The maximum atomic E-state index is 12.5. The summed E-state index contributed by atoms with van der Waals surface area (Å²) < 4.78 is 5.53. The second-order valence-electron chi connectivity index (χ2n) is 6.78. The van der Waals surface area contributed by atoms with Gasteiger partial charge in [-0.1, -0.05) is 6.92 Å². The molecule has 4 nitrogen and oxygen atoms in total. The van der Waals surface area contributed by atoms with Crippen molar-refractivity contribution in [1.82, 2.24) is 10.2 Å². The average Bonchev–Trinajstić information content (AvgIpc) is 2.54. The van der Waals surface area contributed by atoms with Crippen LogP contribution in [0.4, 0.5) is 0 Å². The quantitative estimate of drug-likeness (QED) is 0.817. The van der Waals surface area contributed by atoms with Gasteiger partial charge >= 0.3 is 0 Å². The third-order valence-electron chi connectivity index (χ3n) is 5.11. The standard InChI is InChI=1S/C17H32N2O2/c1-3-21-13-15-5-4-10-19(12-15)17(20)11-14(2)16-6-8-18-9-7-16/h14-16,18H,3-13H2,1-2H3. The Morgan fingerprint density at radius 3 is 2.81 bits per heavy atom. The second kappa shape index (κ2) is 8.74. The zero-order chi connectivity index (χ0) is 15.1. The number of hydrogen-bond donors (Lipinski definition) is 1. The fraction of sp³-hybridized carbons (Fsp3) is 0.941. The molecule has 122 valence electrons. The first-order chi connectivity index (χ1) is 10.2. The number of carbonyl (C=O) groups is 1. The molecule has 0 spiro atoms. The summed E-state index contributed by atoms with van der Waals surface area (Å²) in [5.41, 5.74) is 0. The number of likely N-dealkylation sites (tertiary alicyclic amines) is 1. The maximum Gasteiger partial charge on any atom is 0.222 e. The molecule has 0 saturated carbocycles. The van der Waals surface area contributed by atoms with Crippen molar-refractivity contribution >= 4 is 5.91 Å². The van der Waals surface area contributed by atoms with E-state index in [1.165, 1.54) is 19.3 Å². The SMILES string of the molecule is CCOCC1CCCN(C(=O)CC(C)C2CCNCC2)C1. The van der Waals surface area contributed by atoms with Gasteiger partial charge < -0.3 is 15.0 Å². The first-order valence-corrected chi connectivity index (χ1v) is 8.77. The molecule has 1 N–H and O–H groups in total. The highest BCUT2D eigenvalue weighted by Gasteiger charge is 2.27. The molecule has 1 amide bonds. The predicted octanol–water partition coefficient (Wildman–Crippen LogP) is 2.29. The molecule has 2 rings (SSSR count). The highest BCUT2D eigenvalue weighted by Crippen LogP contribution is 2.26. The fourth-order valence-corrected chi connectivity index (χ4v) is 3.70. The molecule has 2 atom stereocenters. The summed E-state index contributed by atoms with van der Waals surface area (Å²) in [5.74, 6) is 2.14. The minimum Gasteiger partial charge on any atom is -0.381 e. The zero-order valence-electron chi connectivity index (χ0n) is 13.8. The van der Waals surface area contributed by atoms with Gasteiger partial charge in [0, 0.05) is 26.1 Å². The molecular weight excluding hydrogens is 264 g/mol. The molecule has 0 bridgehead atoms. The Kier molecular flexibility index (Phi) is 6.97. The van der Waals surface area contributed by atoms with E-state index in [9.17, 15) is 4.79 Å². The lowest BCUT2D eigenvalue weighted by Crippen LogP contribution is -2.42. The molecule has 2 aliphatic rings. The van der Waals surface area contributed by atoms with Crippen LogP contribution >= 0.6 is 0 Å². The monoisotopic (exact) mass is 296 g/mol. The van der Waals surface area contributed by atoms with Crippen LogP contribution in [-0.2, 0) is 9.53 Å². The maximum absolute atomic E-state index is 12.5. The van der Waals surface area contributed by atoms with Crippen molar-refractivity contribution in [2.24, 2.45) is 17.8 Å². The molecule has 0 aromatic carbocycles. The van der Waals surface area contributed by atoms with Gasteiger partial charge in [-0.05, 0) is 63.5 Å². The molecule has 0 radical (unpaired) electrons. The summed E-state index contributed by atoms with van der Waals surface area (Å²) in [6.45, 7) is 9.95. The highest BCUT2D eigenvalue weighted by molar-refractivity contribution is 5.76. The Morgan fingerprint density at radius 1 is 1.33 bits per heavy atom. The Labute approximate surface area is 129 Å². The van der Waals surface area contributed by atoms with Gasteiger partial charge in [-0.25, -0.2) is 0 Å². The van der Waals surface area contributed by atoms with Crippen molar-refractivity contribution in [3.63, 3.8) is 0 Å². The summed E-state index contributed by atoms with van der Waals surface area (Å²) in [7, 11) is 0. The smallest absolute Gasteiger partial charge is 0.222 e. The van der Waals surface area contributed by atoms with E-state index in [0.717, 1.165) is 58.2 Å². The van der Waals surface area contributed by atoms with Crippen LogP contribution in [0.2, 0.25) is 0 Å². The number of nitrogens with one attached hydrogen (secondary N) is 1. The largest absolute Gasteiger partial charge is 0.381 e. The van der Waals surface area contributed by atoms with E-state index in [4.69, 9.17) is 4.74 Å². The number of piperidine rings is 2. The van der Waals surface area contributed by atoms with Crippen molar-refractivity contribution in [2.45, 2.75) is 46.0 Å². The van der Waals surface area contributed by atoms with Crippen molar-refractivity contribution < 1.29 is 9.53 Å². The number of nitrogens with zero attached hydrogens (tertiary/aromatic N) is 1. The van der Waals surface area contributed by atoms with Gasteiger partial charge in [0.1, 0.15) is 0 Å². The van der Waals surface area contributed by atoms with E-state index in [-0.39, 0.29) is 0 Å². The summed E-state index contributed by atoms with van der Waals surface area (Å²) in [5, 5.41) is 3.40. The molecule has 2 aliphatic heterocycles. The minimum absolute atomic E-state index is 0.363. The second-order valence-corrected chi connectivity index (χ2v) is 6.78. The van der Waals surface area contributed by atoms with Gasteiger partial charge in [0.25, 0.3) is 0 Å². The Balaban J connectivity index is 1.76. The number of ether oxygens (including phenoxy) is 1. The van der Waals surface area contributed by atoms with E-state index >= 15 is 0 Å². The first-order valence-electron chi connectivity index (χ1n) is 8.77. The number of carbonyl (C=O) groups excluding carboxylic acids is 1. The fourth-order valence-electron chi connectivity index (χ4n) is 3.70. The van der Waals surface area contributed by atoms with Crippen LogP contribution in [0.15, 0.2) is 0 Å². The molecule has 0 aromatic heterocycles. The van der Waals surface area contributed by atoms with Gasteiger partial charge in [0.05, 0.1) is 6.61 Å². The summed E-state index contributed by atoms with van der Waals surface area (Å²) in [4.78, 5) is 14.6. The van der Waals surface area contributed by atoms with Gasteiger partial charge in [-0.2, -0.15) is 0 Å². The summed E-state index contributed by atoms with van der Waals surface area (Å²) >= 11 is 0. The number of amides is 1. The molecule has 2 saturated heterocycles. The van der Waals surface area contributed by atoms with Crippen molar-refractivity contribution in [2.75, 3.05) is 39.4 Å². The molecule has 0 aliphatic carbocycles. The lowest BCUT2D eigenvalue weighted by molar-refractivity contribution is -0.134. The Hall–Kier alpha value is -0.610. The average molecular weight is 296 g/mol. The first kappa shape index (κ1) is 16.8. The van der Waals surface area contributed by atoms with E-state index < -0.39 is 0 Å². The summed E-state index contributed by atoms with van der Waals surface area (Å²) in [6, 6.07) is 0. The minimum atomic E-state index is 0.363. The Morgan fingerprint density at radius 2 is 2.10 bits per heavy atom. The van der Waals surface area contributed by atoms with E-state index in [1.54, 1.807) is 0 Å². The lowest BCUT2D eigenvalue weighted by atomic mass is 9.83. The highest BCUT2D eigenvalue weighted by atomic mass is 16.5. The summed E-state index contributed by atoms with van der Waals surface area (Å²) in [6.07, 6.45) is 5.51. The van der Waals surface area contributed by atoms with Crippen molar-refractivity contribution in [3.05, 3.63) is 0 Å². The van der Waals surface area contributed by atoms with Gasteiger partial charge in [-0.3, -0.25) is 4.79 Å². The van der Waals surface area contributed by atoms with Gasteiger partial charge in [0.2, 0.25) is 5.91 Å². The van der Waals surface area contributed by atoms with Crippen LogP contribution in [0.5, 0.6) is 0 Å². The van der Waals surface area contributed by atoms with Crippen LogP contribution in [0, 0.1) is 17.8 Å². The zero-order valence-corrected chi connectivity index (χ0v) is 13.8. The van der Waals surface area contributed by atoms with Crippen molar-refractivity contribution in [1.29, 1.82) is 0 Å². The molecule has 2 unspecified atom stereocenters. The van der Waals surface area contributed by atoms with Gasteiger partial charge in [0.15, 0.2) is 0 Å². The predicted molar refractivity (Wildman–Crippen MR) is 85.2 cm³/mol. The molecule has 4 heteroatoms. The Bertz CT molecular complexity index is 316. The van der Waals surface area contributed by atoms with Crippen LogP contribution in [-0.4, -0.2) is 50.2 Å². The molecule has 2 fully saturated rings. The van der Waals surface area contributed by atoms with Crippen LogP contribution < -0.4 is 5.32 Å². The van der Waals surface area contributed by atoms with Crippen LogP contribution in [0.25, 0.3) is 0 Å². The topological polar surface area (TPSA) is 41.6 Å². The van der Waals surface area contributed by atoms with E-state index in [1.807, 2.05) is 6.92 Å². The van der Waals surface area contributed by atoms with Crippen LogP contribution in [0.3, 0.4) is 0 Å². The van der Waals surface area contributed by atoms with Gasteiger partial charge in [-0.15, -0.1) is 0 Å². The molecular formula is C17H32N2O2. The number of hydrogen-bond acceptors (Lipinski definition) is 3.